The van der Waals surface area contributed by atoms with Crippen LogP contribution < -0.4 is 4.74 Å². The maximum atomic E-state index is 13.5. The molecular weight excluding hydrogens is 262 g/mol. The zero-order valence-corrected chi connectivity index (χ0v) is 11.0. The predicted molar refractivity (Wildman–Crippen MR) is 72.0 cm³/mol. The number of carbonyl (C=O) groups excluding carboxylic acids is 1. The monoisotopic (exact) mass is 276 g/mol. The van der Waals surface area contributed by atoms with Crippen LogP contribution in [0.25, 0.3) is 0 Å². The molecule has 0 saturated heterocycles. The number of Topliss-reactive ketones (excluding diaryl/α,β-unsaturated/α-hetero) is 1. The first-order chi connectivity index (χ1) is 9.61. The topological polar surface area (TPSA) is 26.3 Å². The summed E-state index contributed by atoms with van der Waals surface area (Å²) in [6.45, 7) is 2.32. The van der Waals surface area contributed by atoms with Gasteiger partial charge in [-0.1, -0.05) is 18.2 Å². The highest BCUT2D eigenvalue weighted by atomic mass is 19.1. The molecule has 0 fully saturated rings. The van der Waals surface area contributed by atoms with Crippen molar-refractivity contribution < 1.29 is 18.3 Å². The lowest BCUT2D eigenvalue weighted by atomic mass is 10.0. The zero-order chi connectivity index (χ0) is 14.5. The number of hydrogen-bond donors (Lipinski definition) is 0. The molecule has 0 amide bonds. The lowest BCUT2D eigenvalue weighted by molar-refractivity contribution is 0.0990. The van der Waals surface area contributed by atoms with Gasteiger partial charge in [0, 0.05) is 17.5 Å². The van der Waals surface area contributed by atoms with E-state index in [9.17, 15) is 13.6 Å². The van der Waals surface area contributed by atoms with Crippen molar-refractivity contribution in [2.45, 2.75) is 13.3 Å². The van der Waals surface area contributed by atoms with Crippen LogP contribution in [0.2, 0.25) is 0 Å². The fourth-order valence-electron chi connectivity index (χ4n) is 1.89. The van der Waals surface area contributed by atoms with Gasteiger partial charge in [0.2, 0.25) is 0 Å². The molecule has 20 heavy (non-hydrogen) atoms. The molecule has 0 N–H and O–H groups in total. The fourth-order valence-corrected chi connectivity index (χ4v) is 1.89. The van der Waals surface area contributed by atoms with Gasteiger partial charge in [-0.15, -0.1) is 0 Å². The van der Waals surface area contributed by atoms with Crippen molar-refractivity contribution in [2.24, 2.45) is 0 Å². The van der Waals surface area contributed by atoms with Gasteiger partial charge in [0.1, 0.15) is 17.4 Å². The Morgan fingerprint density at radius 1 is 1.10 bits per heavy atom. The van der Waals surface area contributed by atoms with Crippen LogP contribution >= 0.6 is 0 Å². The summed E-state index contributed by atoms with van der Waals surface area (Å²) in [6, 6.07) is 10.1. The standard InChI is InChI=1S/C16H14F2O2/c1-2-20-12-6-3-5-11(9-12)16(19)10-13-14(17)7-4-8-15(13)18/h3-9H,2,10H2,1H3. The molecule has 0 heterocycles. The SMILES string of the molecule is CCOc1cccc(C(=O)Cc2c(F)cccc2F)c1. The van der Waals surface area contributed by atoms with Crippen molar-refractivity contribution in [3.05, 3.63) is 65.2 Å². The minimum Gasteiger partial charge on any atom is -0.494 e. The van der Waals surface area contributed by atoms with Crippen molar-refractivity contribution in [1.29, 1.82) is 0 Å². The van der Waals surface area contributed by atoms with Crippen LogP contribution in [0.15, 0.2) is 42.5 Å². The Morgan fingerprint density at radius 3 is 2.40 bits per heavy atom. The molecule has 4 heteroatoms. The summed E-state index contributed by atoms with van der Waals surface area (Å²) in [4.78, 5) is 12.1. The van der Waals surface area contributed by atoms with Gasteiger partial charge < -0.3 is 4.74 Å². The van der Waals surface area contributed by atoms with Crippen LogP contribution in [0, 0.1) is 11.6 Å². The molecule has 2 nitrogen and oxygen atoms in total. The summed E-state index contributed by atoms with van der Waals surface area (Å²) < 4.78 is 32.3. The van der Waals surface area contributed by atoms with Gasteiger partial charge in [-0.25, -0.2) is 8.78 Å². The zero-order valence-electron chi connectivity index (χ0n) is 11.0. The molecule has 0 saturated carbocycles. The third-order valence-electron chi connectivity index (χ3n) is 2.87. The molecule has 2 rings (SSSR count). The van der Waals surface area contributed by atoms with E-state index in [0.717, 1.165) is 12.1 Å². The highest BCUT2D eigenvalue weighted by molar-refractivity contribution is 5.97. The smallest absolute Gasteiger partial charge is 0.167 e. The molecule has 0 aromatic heterocycles. The Bertz CT molecular complexity index is 603. The van der Waals surface area contributed by atoms with Crippen LogP contribution in [0.4, 0.5) is 8.78 Å². The minimum absolute atomic E-state index is 0.209. The summed E-state index contributed by atoms with van der Waals surface area (Å²) in [5.74, 6) is -1.21. The Labute approximate surface area is 116 Å². The average molecular weight is 276 g/mol. The van der Waals surface area contributed by atoms with Crippen molar-refractivity contribution in [3.8, 4) is 5.75 Å². The normalized spacial score (nSPS) is 10.3. The van der Waals surface area contributed by atoms with Crippen LogP contribution in [0.5, 0.6) is 5.75 Å². The van der Waals surface area contributed by atoms with Gasteiger partial charge in [-0.3, -0.25) is 4.79 Å². The van der Waals surface area contributed by atoms with Crippen LogP contribution in [-0.4, -0.2) is 12.4 Å². The summed E-state index contributed by atoms with van der Waals surface area (Å²) in [7, 11) is 0. The number of carbonyl (C=O) groups is 1. The quantitative estimate of drug-likeness (QED) is 0.777. The number of benzene rings is 2. The molecule has 0 aliphatic rings. The van der Waals surface area contributed by atoms with Gasteiger partial charge in [-0.05, 0) is 31.2 Å². The van der Waals surface area contributed by atoms with E-state index in [1.807, 2.05) is 6.92 Å². The number of hydrogen-bond acceptors (Lipinski definition) is 2. The Hall–Kier alpha value is -2.23. The van der Waals surface area contributed by atoms with E-state index in [1.165, 1.54) is 6.07 Å². The van der Waals surface area contributed by atoms with E-state index in [2.05, 4.69) is 0 Å². The fraction of sp³-hybridized carbons (Fsp3) is 0.188. The molecule has 0 spiro atoms. The number of ether oxygens (including phenoxy) is 1. The average Bonchev–Trinajstić information content (AvgIpc) is 2.43. The lowest BCUT2D eigenvalue weighted by Crippen LogP contribution is -2.07. The van der Waals surface area contributed by atoms with E-state index in [-0.39, 0.29) is 17.8 Å². The van der Waals surface area contributed by atoms with E-state index < -0.39 is 11.6 Å². The Kier molecular flexibility index (Phi) is 4.45. The van der Waals surface area contributed by atoms with Gasteiger partial charge in [0.05, 0.1) is 6.61 Å². The summed E-state index contributed by atoms with van der Waals surface area (Å²) in [5, 5.41) is 0. The maximum Gasteiger partial charge on any atom is 0.167 e. The van der Waals surface area contributed by atoms with E-state index in [1.54, 1.807) is 24.3 Å². The summed E-state index contributed by atoms with van der Waals surface area (Å²) in [5.41, 5.74) is 0.165. The Balaban J connectivity index is 2.22. The second-order valence-corrected chi connectivity index (χ2v) is 4.26. The summed E-state index contributed by atoms with van der Waals surface area (Å²) in [6.07, 6.45) is -0.311. The first-order valence-electron chi connectivity index (χ1n) is 6.30. The lowest BCUT2D eigenvalue weighted by Gasteiger charge is -2.07. The summed E-state index contributed by atoms with van der Waals surface area (Å²) >= 11 is 0. The van der Waals surface area contributed by atoms with Gasteiger partial charge in [-0.2, -0.15) is 0 Å². The van der Waals surface area contributed by atoms with Gasteiger partial charge >= 0.3 is 0 Å². The molecule has 0 unspecified atom stereocenters. The minimum atomic E-state index is -0.709. The highest BCUT2D eigenvalue weighted by Gasteiger charge is 2.14. The number of halogens is 2. The molecule has 0 bridgehead atoms. The third kappa shape index (κ3) is 3.20. The van der Waals surface area contributed by atoms with Crippen molar-refractivity contribution in [2.75, 3.05) is 6.61 Å². The maximum absolute atomic E-state index is 13.5. The first-order valence-corrected chi connectivity index (χ1v) is 6.30. The molecule has 2 aromatic rings. The third-order valence-corrected chi connectivity index (χ3v) is 2.87. The van der Waals surface area contributed by atoms with Crippen LogP contribution in [0.1, 0.15) is 22.8 Å². The molecule has 0 aliphatic heterocycles. The molecule has 0 aliphatic carbocycles. The second kappa shape index (κ2) is 6.28. The predicted octanol–water partition coefficient (Wildman–Crippen LogP) is 3.79. The van der Waals surface area contributed by atoms with Crippen molar-refractivity contribution in [3.63, 3.8) is 0 Å². The number of rotatable bonds is 5. The van der Waals surface area contributed by atoms with Crippen molar-refractivity contribution >= 4 is 5.78 Å². The van der Waals surface area contributed by atoms with Crippen LogP contribution in [0.3, 0.4) is 0 Å². The van der Waals surface area contributed by atoms with Gasteiger partial charge in [0.25, 0.3) is 0 Å². The van der Waals surface area contributed by atoms with Crippen LogP contribution in [-0.2, 0) is 6.42 Å². The van der Waals surface area contributed by atoms with Crippen molar-refractivity contribution in [1.82, 2.24) is 0 Å². The van der Waals surface area contributed by atoms with E-state index >= 15 is 0 Å². The molecule has 2 aromatic carbocycles. The van der Waals surface area contributed by atoms with E-state index in [0.29, 0.717) is 17.9 Å². The Morgan fingerprint density at radius 2 is 1.75 bits per heavy atom. The molecule has 0 atom stereocenters. The van der Waals surface area contributed by atoms with Gasteiger partial charge in [0.15, 0.2) is 5.78 Å². The largest absolute Gasteiger partial charge is 0.494 e. The molecular formula is C16H14F2O2. The second-order valence-electron chi connectivity index (χ2n) is 4.26. The number of ketones is 1. The molecule has 104 valence electrons. The first kappa shape index (κ1) is 14.2. The highest BCUT2D eigenvalue weighted by Crippen LogP contribution is 2.18. The molecule has 0 radical (unpaired) electrons. The van der Waals surface area contributed by atoms with E-state index in [4.69, 9.17) is 4.74 Å².